The fraction of sp³-hybridized carbons (Fsp3) is 0.583. The first-order chi connectivity index (χ1) is 11.4. The van der Waals surface area contributed by atoms with Crippen molar-refractivity contribution in [3.05, 3.63) is 0 Å². The van der Waals surface area contributed by atoms with Crippen LogP contribution < -0.4 is 10.6 Å². The molecule has 0 spiro atoms. The van der Waals surface area contributed by atoms with Crippen LogP contribution in [0, 0.1) is 0 Å². The van der Waals surface area contributed by atoms with E-state index < -0.39 is 36.3 Å². The summed E-state index contributed by atoms with van der Waals surface area (Å²) in [4.78, 5) is 60.9. The third-order valence-electron chi connectivity index (χ3n) is 2.75. The van der Waals surface area contributed by atoms with Crippen LogP contribution in [0.25, 0.3) is 0 Å². The standard InChI is InChI=1S/C12H17N3O9/c1-21-10(18)13-5-7(6-14-11(19)22-2)23-12(20)24-15-8(16)3-4-9(15)17/h7H,3-6H2,1-2H3,(H,13,18)(H,14,19). The van der Waals surface area contributed by atoms with E-state index in [2.05, 4.69) is 24.9 Å². The van der Waals surface area contributed by atoms with E-state index in [0.717, 1.165) is 14.2 Å². The van der Waals surface area contributed by atoms with Gasteiger partial charge in [0.25, 0.3) is 11.8 Å². The number of nitrogens with zero attached hydrogens (tertiary/aromatic N) is 1. The molecule has 12 nitrogen and oxygen atoms in total. The summed E-state index contributed by atoms with van der Waals surface area (Å²) in [6.07, 6.45) is -4.13. The number of hydrogen-bond donors (Lipinski definition) is 2. The van der Waals surface area contributed by atoms with Gasteiger partial charge in [0.2, 0.25) is 0 Å². The molecule has 1 saturated heterocycles. The normalized spacial score (nSPS) is 13.5. The van der Waals surface area contributed by atoms with Crippen LogP contribution in [0.1, 0.15) is 12.8 Å². The lowest BCUT2D eigenvalue weighted by atomic mass is 10.3. The van der Waals surface area contributed by atoms with Crippen molar-refractivity contribution in [3.63, 3.8) is 0 Å². The molecule has 0 saturated carbocycles. The first-order valence-electron chi connectivity index (χ1n) is 6.75. The Kier molecular flexibility index (Phi) is 7.26. The summed E-state index contributed by atoms with van der Waals surface area (Å²) < 4.78 is 13.6. The number of carbonyl (C=O) groups is 5. The molecule has 4 amide bonds. The molecule has 24 heavy (non-hydrogen) atoms. The molecule has 0 aromatic carbocycles. The number of hydrogen-bond acceptors (Lipinski definition) is 9. The topological polar surface area (TPSA) is 150 Å². The monoisotopic (exact) mass is 347 g/mol. The van der Waals surface area contributed by atoms with Gasteiger partial charge in [0.1, 0.15) is 6.10 Å². The molecule has 0 atom stereocenters. The molecule has 0 aliphatic carbocycles. The number of imide groups is 1. The Hall–Kier alpha value is -3.05. The van der Waals surface area contributed by atoms with Gasteiger partial charge < -0.3 is 24.8 Å². The second-order valence-electron chi connectivity index (χ2n) is 4.41. The Labute approximate surface area is 136 Å². The van der Waals surface area contributed by atoms with E-state index in [4.69, 9.17) is 4.74 Å². The molecule has 1 fully saturated rings. The average Bonchev–Trinajstić information content (AvgIpc) is 2.88. The summed E-state index contributed by atoms with van der Waals surface area (Å²) in [5, 5.41) is 4.82. The minimum absolute atomic E-state index is 0.0661. The van der Waals surface area contributed by atoms with Gasteiger partial charge in [-0.3, -0.25) is 14.4 Å². The van der Waals surface area contributed by atoms with Crippen molar-refractivity contribution < 1.29 is 43.0 Å². The molecule has 1 aliphatic heterocycles. The van der Waals surface area contributed by atoms with E-state index in [1.54, 1.807) is 0 Å². The summed E-state index contributed by atoms with van der Waals surface area (Å²) in [5.41, 5.74) is 0. The van der Waals surface area contributed by atoms with Crippen LogP contribution in [-0.4, -0.2) is 68.6 Å². The average molecular weight is 347 g/mol. The van der Waals surface area contributed by atoms with Crippen molar-refractivity contribution in [3.8, 4) is 0 Å². The van der Waals surface area contributed by atoms with Crippen molar-refractivity contribution in [1.82, 2.24) is 15.7 Å². The van der Waals surface area contributed by atoms with Crippen molar-refractivity contribution >= 4 is 30.2 Å². The first kappa shape index (κ1) is 19.0. The lowest BCUT2D eigenvalue weighted by Crippen LogP contribution is -2.43. The first-order valence-corrected chi connectivity index (χ1v) is 6.75. The highest BCUT2D eigenvalue weighted by atomic mass is 16.8. The highest BCUT2D eigenvalue weighted by molar-refractivity contribution is 6.01. The fourth-order valence-corrected chi connectivity index (χ4v) is 1.58. The van der Waals surface area contributed by atoms with Crippen LogP contribution in [0.3, 0.4) is 0 Å². The Balaban J connectivity index is 2.55. The van der Waals surface area contributed by atoms with Crippen molar-refractivity contribution in [2.24, 2.45) is 0 Å². The van der Waals surface area contributed by atoms with Crippen molar-refractivity contribution in [1.29, 1.82) is 0 Å². The van der Waals surface area contributed by atoms with Crippen molar-refractivity contribution in [2.45, 2.75) is 18.9 Å². The molecule has 1 heterocycles. The van der Waals surface area contributed by atoms with Crippen LogP contribution in [0.5, 0.6) is 0 Å². The minimum atomic E-state index is -1.35. The van der Waals surface area contributed by atoms with Gasteiger partial charge in [-0.05, 0) is 0 Å². The van der Waals surface area contributed by atoms with E-state index in [1.165, 1.54) is 0 Å². The third-order valence-corrected chi connectivity index (χ3v) is 2.75. The highest BCUT2D eigenvalue weighted by Gasteiger charge is 2.34. The number of amides is 4. The van der Waals surface area contributed by atoms with Gasteiger partial charge in [-0.1, -0.05) is 5.06 Å². The van der Waals surface area contributed by atoms with Crippen LogP contribution in [0.15, 0.2) is 0 Å². The minimum Gasteiger partial charge on any atom is -0.453 e. The molecule has 134 valence electrons. The molecule has 1 aliphatic rings. The van der Waals surface area contributed by atoms with Gasteiger partial charge in [0, 0.05) is 12.8 Å². The number of methoxy groups -OCH3 is 2. The summed E-state index contributed by atoms with van der Waals surface area (Å²) in [5.74, 6) is -1.34. The van der Waals surface area contributed by atoms with Gasteiger partial charge in [-0.15, -0.1) is 0 Å². The number of rotatable bonds is 6. The molecule has 0 aromatic heterocycles. The smallest absolute Gasteiger partial charge is 0.453 e. The van der Waals surface area contributed by atoms with Gasteiger partial charge in [0.05, 0.1) is 27.3 Å². The molecule has 0 aromatic rings. The highest BCUT2D eigenvalue weighted by Crippen LogP contribution is 2.12. The number of carbonyl (C=O) groups excluding carboxylic acids is 5. The zero-order valence-corrected chi connectivity index (χ0v) is 13.0. The quantitative estimate of drug-likeness (QED) is 0.360. The Morgan fingerprint density at radius 3 is 1.88 bits per heavy atom. The van der Waals surface area contributed by atoms with E-state index in [0.29, 0.717) is 5.06 Å². The number of ether oxygens (including phenoxy) is 3. The molecule has 0 radical (unpaired) electrons. The second kappa shape index (κ2) is 9.17. The van der Waals surface area contributed by atoms with E-state index in [1.807, 2.05) is 0 Å². The summed E-state index contributed by atoms with van der Waals surface area (Å²) >= 11 is 0. The maximum absolute atomic E-state index is 11.7. The lowest BCUT2D eigenvalue weighted by molar-refractivity contribution is -0.178. The predicted octanol–water partition coefficient (Wildman–Crippen LogP) is -0.716. The third kappa shape index (κ3) is 5.98. The molecular weight excluding hydrogens is 330 g/mol. The van der Waals surface area contributed by atoms with Crippen molar-refractivity contribution in [2.75, 3.05) is 27.3 Å². The summed E-state index contributed by atoms with van der Waals surface area (Å²) in [7, 11) is 2.27. The summed E-state index contributed by atoms with van der Waals surface area (Å²) in [6.45, 7) is -0.457. The second-order valence-corrected chi connectivity index (χ2v) is 4.41. The molecule has 0 unspecified atom stereocenters. The molecular formula is C12H17N3O9. The maximum Gasteiger partial charge on any atom is 0.534 e. The number of nitrogens with one attached hydrogen (secondary N) is 2. The predicted molar refractivity (Wildman–Crippen MR) is 73.3 cm³/mol. The Morgan fingerprint density at radius 2 is 1.46 bits per heavy atom. The zero-order valence-electron chi connectivity index (χ0n) is 13.0. The van der Waals surface area contributed by atoms with E-state index >= 15 is 0 Å². The lowest BCUT2D eigenvalue weighted by Gasteiger charge is -2.19. The number of alkyl carbamates (subject to hydrolysis) is 2. The van der Waals surface area contributed by atoms with Gasteiger partial charge >= 0.3 is 18.3 Å². The van der Waals surface area contributed by atoms with Crippen LogP contribution in [-0.2, 0) is 28.6 Å². The SMILES string of the molecule is COC(=O)NCC(CNC(=O)OC)OC(=O)ON1C(=O)CCC1=O. The van der Waals surface area contributed by atoms with Gasteiger partial charge in [-0.25, -0.2) is 14.4 Å². The molecule has 1 rings (SSSR count). The largest absolute Gasteiger partial charge is 0.534 e. The maximum atomic E-state index is 11.7. The van der Waals surface area contributed by atoms with Crippen LogP contribution >= 0.6 is 0 Å². The van der Waals surface area contributed by atoms with E-state index in [-0.39, 0.29) is 25.9 Å². The Morgan fingerprint density at radius 1 is 1.00 bits per heavy atom. The molecule has 12 heteroatoms. The fourth-order valence-electron chi connectivity index (χ4n) is 1.58. The van der Waals surface area contributed by atoms with Crippen LogP contribution in [0.4, 0.5) is 14.4 Å². The number of hydroxylamine groups is 2. The molecule has 2 N–H and O–H groups in total. The zero-order chi connectivity index (χ0) is 18.1. The van der Waals surface area contributed by atoms with Gasteiger partial charge in [0.15, 0.2) is 0 Å². The van der Waals surface area contributed by atoms with Crippen LogP contribution in [0.2, 0.25) is 0 Å². The van der Waals surface area contributed by atoms with E-state index in [9.17, 15) is 24.0 Å². The Bertz CT molecular complexity index is 486. The van der Waals surface area contributed by atoms with Gasteiger partial charge in [-0.2, -0.15) is 0 Å². The molecule has 0 bridgehead atoms. The summed E-state index contributed by atoms with van der Waals surface area (Å²) in [6, 6.07) is 0.